The van der Waals surface area contributed by atoms with Gasteiger partial charge in [0.15, 0.2) is 5.79 Å². The highest BCUT2D eigenvalue weighted by Crippen LogP contribution is 2.41. The highest BCUT2D eigenvalue weighted by molar-refractivity contribution is 5.87. The molecule has 1 fully saturated rings. The number of aliphatic hydroxyl groups is 4. The number of cyclic esters (lactones) is 1. The maximum Gasteiger partial charge on any atom is 0.373 e. The summed E-state index contributed by atoms with van der Waals surface area (Å²) in [5, 5.41) is 45.0. The summed E-state index contributed by atoms with van der Waals surface area (Å²) in [6.45, 7) is 17.0. The van der Waals surface area contributed by atoms with Gasteiger partial charge in [0.25, 0.3) is 0 Å². The molecule has 9 nitrogen and oxygen atoms in total. The fourth-order valence-corrected chi connectivity index (χ4v) is 6.54. The molecule has 0 aromatic heterocycles. The zero-order chi connectivity index (χ0) is 33.5. The van der Waals surface area contributed by atoms with Crippen molar-refractivity contribution in [1.29, 1.82) is 0 Å². The summed E-state index contributed by atoms with van der Waals surface area (Å²) in [5.74, 6) is -4.49. The van der Waals surface area contributed by atoms with E-state index in [2.05, 4.69) is 0 Å². The normalized spacial score (nSPS) is 36.9. The van der Waals surface area contributed by atoms with Crippen molar-refractivity contribution in [3.05, 3.63) is 47.3 Å². The Morgan fingerprint density at radius 1 is 1.05 bits per heavy atom. The average Bonchev–Trinajstić information content (AvgIpc) is 2.96. The first kappa shape index (κ1) is 38.2. The van der Waals surface area contributed by atoms with Crippen LogP contribution < -0.4 is 0 Å². The minimum Gasteiger partial charge on any atom is -0.490 e. The first-order valence-electron chi connectivity index (χ1n) is 15.9. The van der Waals surface area contributed by atoms with E-state index >= 15 is 0 Å². The van der Waals surface area contributed by atoms with Gasteiger partial charge in [-0.15, -0.1) is 0 Å². The van der Waals surface area contributed by atoms with Crippen molar-refractivity contribution in [2.75, 3.05) is 14.2 Å². The molecule has 9 heteroatoms. The van der Waals surface area contributed by atoms with Crippen LogP contribution in [0.1, 0.15) is 75.2 Å². The average molecular weight is 623 g/mol. The fourth-order valence-electron chi connectivity index (χ4n) is 6.54. The number of allylic oxidation sites excluding steroid dienone is 5. The van der Waals surface area contributed by atoms with E-state index in [1.807, 2.05) is 66.7 Å². The number of hydrogen-bond acceptors (Lipinski definition) is 9. The minimum absolute atomic E-state index is 0.00492. The zero-order valence-corrected chi connectivity index (χ0v) is 28.6. The Morgan fingerprint density at radius 2 is 1.68 bits per heavy atom. The third kappa shape index (κ3) is 9.50. The Morgan fingerprint density at radius 3 is 2.25 bits per heavy atom. The molecule has 0 aromatic carbocycles. The quantitative estimate of drug-likeness (QED) is 0.298. The smallest absolute Gasteiger partial charge is 0.373 e. The first-order chi connectivity index (χ1) is 20.5. The number of aliphatic hydroxyl groups excluding tert-OH is 3. The molecule has 0 aliphatic carbocycles. The molecule has 0 saturated carbocycles. The molecule has 44 heavy (non-hydrogen) atoms. The molecule has 1 saturated heterocycles. The second kappa shape index (κ2) is 16.5. The van der Waals surface area contributed by atoms with Gasteiger partial charge in [0.05, 0.1) is 31.5 Å². The van der Waals surface area contributed by atoms with Crippen molar-refractivity contribution in [3.8, 4) is 0 Å². The van der Waals surface area contributed by atoms with Crippen LogP contribution in [0.2, 0.25) is 0 Å². The number of carbonyl (C=O) groups is 1. The van der Waals surface area contributed by atoms with E-state index in [0.29, 0.717) is 6.42 Å². The van der Waals surface area contributed by atoms with E-state index in [1.54, 1.807) is 26.0 Å². The zero-order valence-electron chi connectivity index (χ0n) is 28.6. The van der Waals surface area contributed by atoms with Crippen molar-refractivity contribution in [2.24, 2.45) is 35.5 Å². The van der Waals surface area contributed by atoms with Gasteiger partial charge in [-0.3, -0.25) is 0 Å². The van der Waals surface area contributed by atoms with Crippen LogP contribution >= 0.6 is 0 Å². The van der Waals surface area contributed by atoms with E-state index < -0.39 is 60.2 Å². The molecule has 2 heterocycles. The molecular weight excluding hydrogens is 564 g/mol. The minimum atomic E-state index is -1.80. The summed E-state index contributed by atoms with van der Waals surface area (Å²) in [4.78, 5) is 13.5. The Bertz CT molecular complexity index is 1060. The highest BCUT2D eigenvalue weighted by Gasteiger charge is 2.51. The van der Waals surface area contributed by atoms with Crippen LogP contribution in [-0.2, 0) is 23.7 Å². The Labute approximate surface area is 264 Å². The molecule has 0 aromatic rings. The lowest BCUT2D eigenvalue weighted by atomic mass is 9.76. The van der Waals surface area contributed by atoms with Gasteiger partial charge in [0, 0.05) is 37.2 Å². The second-order valence-corrected chi connectivity index (χ2v) is 13.6. The van der Waals surface area contributed by atoms with Crippen LogP contribution in [0.25, 0.3) is 0 Å². The largest absolute Gasteiger partial charge is 0.490 e. The lowest BCUT2D eigenvalue weighted by Gasteiger charge is -2.49. The highest BCUT2D eigenvalue weighted by atomic mass is 16.6. The van der Waals surface area contributed by atoms with E-state index in [0.717, 1.165) is 11.1 Å². The molecular formula is C35H58O9. The third-order valence-corrected chi connectivity index (χ3v) is 9.50. The third-order valence-electron chi connectivity index (χ3n) is 9.50. The van der Waals surface area contributed by atoms with Crippen molar-refractivity contribution in [3.63, 3.8) is 0 Å². The summed E-state index contributed by atoms with van der Waals surface area (Å²) >= 11 is 0. The number of methoxy groups -OCH3 is 2. The van der Waals surface area contributed by atoms with Crippen molar-refractivity contribution >= 4 is 5.97 Å². The van der Waals surface area contributed by atoms with E-state index in [4.69, 9.17) is 18.9 Å². The maximum atomic E-state index is 13.5. The SMILES string of the molecule is COC1=CC(C)=C[C@@H](C)[C@@H](O)[C@@H](C)CC(C)=CC=C[C@H](OC)[C@@H]([C@@H](C)[C@@H](O)[C@H](C)[C@@]2(O)C[C@@H](O)[C@H](C)[C@@H](C(C)C)O2)OC1=O. The number of hydrogen-bond donors (Lipinski definition) is 4. The summed E-state index contributed by atoms with van der Waals surface area (Å²) in [6, 6.07) is 0. The van der Waals surface area contributed by atoms with Gasteiger partial charge in [0.2, 0.25) is 5.76 Å². The Kier molecular flexibility index (Phi) is 14.3. The van der Waals surface area contributed by atoms with Crippen LogP contribution in [0.15, 0.2) is 47.3 Å². The Balaban J connectivity index is 2.52. The van der Waals surface area contributed by atoms with Gasteiger partial charge in [-0.25, -0.2) is 4.79 Å². The first-order valence-corrected chi connectivity index (χ1v) is 15.9. The number of ether oxygens (including phenoxy) is 4. The van der Waals surface area contributed by atoms with Gasteiger partial charge in [-0.05, 0) is 38.2 Å². The van der Waals surface area contributed by atoms with Gasteiger partial charge >= 0.3 is 5.97 Å². The summed E-state index contributed by atoms with van der Waals surface area (Å²) < 4.78 is 23.4. The van der Waals surface area contributed by atoms with Crippen LogP contribution in [0.4, 0.5) is 0 Å². The summed E-state index contributed by atoms with van der Waals surface area (Å²) in [7, 11) is 2.87. The van der Waals surface area contributed by atoms with Gasteiger partial charge in [0.1, 0.15) is 12.2 Å². The maximum absolute atomic E-state index is 13.5. The molecule has 12 atom stereocenters. The van der Waals surface area contributed by atoms with Crippen LogP contribution in [0, 0.1) is 35.5 Å². The van der Waals surface area contributed by atoms with Crippen LogP contribution in [-0.4, -0.2) is 83.0 Å². The molecule has 2 rings (SSSR count). The van der Waals surface area contributed by atoms with E-state index in [1.165, 1.54) is 14.2 Å². The lowest BCUT2D eigenvalue weighted by Crippen LogP contribution is -2.59. The lowest BCUT2D eigenvalue weighted by molar-refractivity contribution is -0.328. The van der Waals surface area contributed by atoms with Crippen molar-refractivity contribution < 1.29 is 44.2 Å². The number of carbonyl (C=O) groups excluding carboxylic acids is 1. The van der Waals surface area contributed by atoms with Gasteiger partial charge in [-0.1, -0.05) is 83.9 Å². The standard InChI is InChI=1S/C35H58O9/c1-19(2)32-24(7)27(36)18-35(40,44-32)26(9)31(38)25(8)33-28(41-10)14-12-13-20(3)15-22(5)30(37)23(6)16-21(4)17-29(42-11)34(39)43-33/h12-14,16-17,19,22-28,30-33,36-38,40H,15,18H2,1-11H3/t22-,23+,24-,25-,26-,27+,28-,30-,31+,32+,33+,35+/m0/s1. The topological polar surface area (TPSA) is 135 Å². The van der Waals surface area contributed by atoms with Crippen LogP contribution in [0.3, 0.4) is 0 Å². The molecule has 0 bridgehead atoms. The predicted octanol–water partition coefficient (Wildman–Crippen LogP) is 4.69. The fraction of sp³-hybridized carbons (Fsp3) is 0.743. The second-order valence-electron chi connectivity index (χ2n) is 13.6. The monoisotopic (exact) mass is 622 g/mol. The molecule has 252 valence electrons. The number of esters is 1. The van der Waals surface area contributed by atoms with Gasteiger partial charge < -0.3 is 39.4 Å². The molecule has 0 spiro atoms. The van der Waals surface area contributed by atoms with Crippen LogP contribution in [0.5, 0.6) is 0 Å². The van der Waals surface area contributed by atoms with Crippen molar-refractivity contribution in [1.82, 2.24) is 0 Å². The number of rotatable bonds is 7. The molecule has 2 aliphatic rings. The molecule has 4 N–H and O–H groups in total. The predicted molar refractivity (Wildman–Crippen MR) is 170 cm³/mol. The van der Waals surface area contributed by atoms with Gasteiger partial charge in [-0.2, -0.15) is 0 Å². The molecule has 0 amide bonds. The van der Waals surface area contributed by atoms with E-state index in [9.17, 15) is 25.2 Å². The van der Waals surface area contributed by atoms with E-state index in [-0.39, 0.29) is 35.9 Å². The molecule has 0 radical (unpaired) electrons. The van der Waals surface area contributed by atoms with Crippen molar-refractivity contribution in [2.45, 2.75) is 118 Å². The Hall–Kier alpha value is -2.01. The summed E-state index contributed by atoms with van der Waals surface area (Å²) in [6.07, 6.45) is 4.85. The molecule has 2 aliphatic heterocycles. The summed E-state index contributed by atoms with van der Waals surface area (Å²) in [5.41, 5.74) is 1.78. The molecule has 0 unspecified atom stereocenters.